The van der Waals surface area contributed by atoms with Crippen LogP contribution in [0.5, 0.6) is 0 Å². The molecule has 0 amide bonds. The molecule has 5 heteroatoms. The molecule has 0 N–H and O–H groups in total. The van der Waals surface area contributed by atoms with Crippen LogP contribution in [0.4, 0.5) is 11.6 Å². The Balaban J connectivity index is 1.81. The van der Waals surface area contributed by atoms with E-state index in [4.69, 9.17) is 4.98 Å². The quantitative estimate of drug-likeness (QED) is 0.802. The summed E-state index contributed by atoms with van der Waals surface area (Å²) < 4.78 is 1.87. The fourth-order valence-electron chi connectivity index (χ4n) is 4.59. The maximum absolute atomic E-state index is 13.1. The largest absolute Gasteiger partial charge is 0.298 e. The van der Waals surface area contributed by atoms with E-state index in [-0.39, 0.29) is 5.56 Å². The van der Waals surface area contributed by atoms with Crippen LogP contribution < -0.4 is 10.5 Å². The SMILES string of the molecule is Cc1cccc(N2CN(C3CCCCC3C)Cn3c2nc(C)c(C)c3=O)c1. The van der Waals surface area contributed by atoms with E-state index in [1.807, 2.05) is 18.4 Å². The molecule has 1 aromatic heterocycles. The average Bonchev–Trinajstić information content (AvgIpc) is 2.66. The molecule has 4 rings (SSSR count). The van der Waals surface area contributed by atoms with Crippen molar-refractivity contribution in [3.63, 3.8) is 0 Å². The lowest BCUT2D eigenvalue weighted by atomic mass is 9.85. The minimum atomic E-state index is 0.0864. The van der Waals surface area contributed by atoms with E-state index in [9.17, 15) is 4.79 Å². The smallest absolute Gasteiger partial charge is 0.259 e. The van der Waals surface area contributed by atoms with E-state index in [2.05, 4.69) is 47.9 Å². The van der Waals surface area contributed by atoms with E-state index in [0.29, 0.717) is 18.6 Å². The van der Waals surface area contributed by atoms with Crippen molar-refractivity contribution in [1.82, 2.24) is 14.5 Å². The van der Waals surface area contributed by atoms with Crippen molar-refractivity contribution in [2.24, 2.45) is 5.92 Å². The summed E-state index contributed by atoms with van der Waals surface area (Å²) in [5.41, 5.74) is 3.98. The van der Waals surface area contributed by atoms with Crippen LogP contribution in [0, 0.1) is 26.7 Å². The zero-order valence-electron chi connectivity index (χ0n) is 16.9. The van der Waals surface area contributed by atoms with Crippen molar-refractivity contribution in [2.45, 2.75) is 66.1 Å². The highest BCUT2D eigenvalue weighted by Crippen LogP contribution is 2.34. The molecule has 1 aliphatic carbocycles. The summed E-state index contributed by atoms with van der Waals surface area (Å²) >= 11 is 0. The summed E-state index contributed by atoms with van der Waals surface area (Å²) in [5, 5.41) is 0. The van der Waals surface area contributed by atoms with E-state index in [1.54, 1.807) is 0 Å². The Morgan fingerprint density at radius 3 is 2.59 bits per heavy atom. The van der Waals surface area contributed by atoms with Crippen LogP contribution in [-0.4, -0.2) is 27.2 Å². The molecule has 2 heterocycles. The molecule has 1 fully saturated rings. The molecular weight excluding hydrogens is 336 g/mol. The summed E-state index contributed by atoms with van der Waals surface area (Å²) in [5.74, 6) is 1.43. The van der Waals surface area contributed by atoms with Gasteiger partial charge in [0.15, 0.2) is 0 Å². The van der Waals surface area contributed by atoms with Crippen molar-refractivity contribution < 1.29 is 0 Å². The van der Waals surface area contributed by atoms with Crippen molar-refractivity contribution in [2.75, 3.05) is 11.6 Å². The van der Waals surface area contributed by atoms with Gasteiger partial charge in [0, 0.05) is 23.0 Å². The van der Waals surface area contributed by atoms with Gasteiger partial charge in [-0.15, -0.1) is 0 Å². The van der Waals surface area contributed by atoms with Gasteiger partial charge in [0.25, 0.3) is 5.56 Å². The lowest BCUT2D eigenvalue weighted by molar-refractivity contribution is 0.0723. The van der Waals surface area contributed by atoms with E-state index in [0.717, 1.165) is 29.6 Å². The molecule has 27 heavy (non-hydrogen) atoms. The topological polar surface area (TPSA) is 41.4 Å². The third-order valence-electron chi connectivity index (χ3n) is 6.35. The Morgan fingerprint density at radius 2 is 1.85 bits per heavy atom. The third-order valence-corrected chi connectivity index (χ3v) is 6.35. The average molecular weight is 367 g/mol. The minimum Gasteiger partial charge on any atom is -0.298 e. The van der Waals surface area contributed by atoms with Gasteiger partial charge in [-0.05, 0) is 57.2 Å². The summed E-state index contributed by atoms with van der Waals surface area (Å²) in [4.78, 5) is 22.6. The first-order valence-electron chi connectivity index (χ1n) is 10.1. The summed E-state index contributed by atoms with van der Waals surface area (Å²) in [7, 11) is 0. The number of hydrogen-bond donors (Lipinski definition) is 0. The highest BCUT2D eigenvalue weighted by atomic mass is 16.1. The number of anilines is 2. The molecule has 0 saturated heterocycles. The van der Waals surface area contributed by atoms with E-state index < -0.39 is 0 Å². The Hall–Kier alpha value is -2.14. The number of rotatable bonds is 2. The van der Waals surface area contributed by atoms with Crippen LogP contribution in [0.15, 0.2) is 29.1 Å². The molecule has 0 radical (unpaired) electrons. The van der Waals surface area contributed by atoms with Crippen molar-refractivity contribution in [3.8, 4) is 0 Å². The predicted octanol–water partition coefficient (Wildman–Crippen LogP) is 4.12. The lowest BCUT2D eigenvalue weighted by Crippen LogP contribution is -2.53. The molecule has 5 nitrogen and oxygen atoms in total. The first-order valence-corrected chi connectivity index (χ1v) is 10.1. The van der Waals surface area contributed by atoms with Crippen LogP contribution in [-0.2, 0) is 6.67 Å². The molecule has 2 atom stereocenters. The third kappa shape index (κ3) is 3.29. The standard InChI is InChI=1S/C22H30N4O/c1-15-8-7-10-19(12-15)25-13-24(20-11-6-5-9-16(20)2)14-26-21(27)17(3)18(4)23-22(25)26/h7-8,10,12,16,20H,5-6,9,11,13-14H2,1-4H3. The Labute approximate surface area is 161 Å². The van der Waals surface area contributed by atoms with Crippen LogP contribution in [0.2, 0.25) is 0 Å². The number of fused-ring (bicyclic) bond motifs is 1. The molecular formula is C22H30N4O. The molecule has 1 saturated carbocycles. The number of nitrogens with zero attached hydrogens (tertiary/aromatic N) is 4. The van der Waals surface area contributed by atoms with E-state index >= 15 is 0 Å². The van der Waals surface area contributed by atoms with Crippen molar-refractivity contribution in [1.29, 1.82) is 0 Å². The fraction of sp³-hybridized carbons (Fsp3) is 0.545. The number of aromatic nitrogens is 2. The van der Waals surface area contributed by atoms with Gasteiger partial charge in [-0.1, -0.05) is 31.9 Å². The summed E-state index contributed by atoms with van der Waals surface area (Å²) in [6.07, 6.45) is 5.09. The van der Waals surface area contributed by atoms with Crippen molar-refractivity contribution in [3.05, 3.63) is 51.4 Å². The van der Waals surface area contributed by atoms with Crippen LogP contribution in [0.1, 0.15) is 49.4 Å². The Kier molecular flexibility index (Phi) is 4.81. The zero-order valence-corrected chi connectivity index (χ0v) is 16.9. The fourth-order valence-corrected chi connectivity index (χ4v) is 4.59. The van der Waals surface area contributed by atoms with Gasteiger partial charge in [0.05, 0.1) is 13.3 Å². The van der Waals surface area contributed by atoms with Gasteiger partial charge in [0.2, 0.25) is 5.95 Å². The van der Waals surface area contributed by atoms with Crippen LogP contribution in [0.25, 0.3) is 0 Å². The number of aryl methyl sites for hydroxylation is 2. The maximum atomic E-state index is 13.1. The second-order valence-electron chi connectivity index (χ2n) is 8.32. The van der Waals surface area contributed by atoms with Gasteiger partial charge in [-0.3, -0.25) is 19.2 Å². The van der Waals surface area contributed by atoms with Crippen LogP contribution >= 0.6 is 0 Å². The number of hydrogen-bond acceptors (Lipinski definition) is 4. The monoisotopic (exact) mass is 366 g/mol. The lowest BCUT2D eigenvalue weighted by Gasteiger charge is -2.45. The van der Waals surface area contributed by atoms with Gasteiger partial charge in [-0.25, -0.2) is 4.98 Å². The second kappa shape index (κ2) is 7.12. The van der Waals surface area contributed by atoms with Gasteiger partial charge in [-0.2, -0.15) is 0 Å². The molecule has 2 aromatic rings. The Morgan fingerprint density at radius 1 is 1.07 bits per heavy atom. The second-order valence-corrected chi connectivity index (χ2v) is 8.32. The maximum Gasteiger partial charge on any atom is 0.259 e. The highest BCUT2D eigenvalue weighted by Gasteiger charge is 2.34. The normalized spacial score (nSPS) is 23.3. The van der Waals surface area contributed by atoms with Gasteiger partial charge >= 0.3 is 0 Å². The molecule has 144 valence electrons. The molecule has 0 bridgehead atoms. The Bertz CT molecular complexity index is 904. The molecule has 1 aromatic carbocycles. The highest BCUT2D eigenvalue weighted by molar-refractivity contribution is 5.59. The van der Waals surface area contributed by atoms with Crippen molar-refractivity contribution >= 4 is 11.6 Å². The molecule has 2 aliphatic rings. The molecule has 1 aliphatic heterocycles. The zero-order chi connectivity index (χ0) is 19.1. The predicted molar refractivity (Wildman–Crippen MR) is 109 cm³/mol. The minimum absolute atomic E-state index is 0.0864. The first-order chi connectivity index (χ1) is 13.0. The number of benzene rings is 1. The molecule has 0 spiro atoms. The van der Waals surface area contributed by atoms with E-state index in [1.165, 1.54) is 31.2 Å². The van der Waals surface area contributed by atoms with Gasteiger partial charge in [0.1, 0.15) is 0 Å². The first kappa shape index (κ1) is 18.2. The van der Waals surface area contributed by atoms with Crippen LogP contribution in [0.3, 0.4) is 0 Å². The summed E-state index contributed by atoms with van der Waals surface area (Å²) in [6, 6.07) is 9.00. The summed E-state index contributed by atoms with van der Waals surface area (Å²) in [6.45, 7) is 9.71. The molecule has 2 unspecified atom stereocenters. The van der Waals surface area contributed by atoms with Gasteiger partial charge < -0.3 is 0 Å².